The number of carbonyl (C=O) groups excluding carboxylic acids is 2. The molecule has 1 aromatic rings. The van der Waals surface area contributed by atoms with Gasteiger partial charge in [0.2, 0.25) is 11.9 Å². The summed E-state index contributed by atoms with van der Waals surface area (Å²) in [6.45, 7) is 3.85. The predicted molar refractivity (Wildman–Crippen MR) is 102 cm³/mol. The van der Waals surface area contributed by atoms with Crippen molar-refractivity contribution < 1.29 is 24.2 Å². The maximum atomic E-state index is 12.9. The second-order valence-corrected chi connectivity index (χ2v) is 7.68. The number of morpholine rings is 1. The number of anilines is 1. The number of rotatable bonds is 4. The summed E-state index contributed by atoms with van der Waals surface area (Å²) < 4.78 is 10.7. The van der Waals surface area contributed by atoms with Gasteiger partial charge in [0.25, 0.3) is 5.91 Å². The van der Waals surface area contributed by atoms with Gasteiger partial charge in [-0.15, -0.1) is 0 Å². The Bertz CT molecular complexity index is 718. The molecule has 0 unspecified atom stereocenters. The number of nitrogens with one attached hydrogen (secondary N) is 1. The molecular weight excluding hydrogens is 378 g/mol. The highest BCUT2D eigenvalue weighted by Crippen LogP contribution is 2.17. The number of hydrogen-bond acceptors (Lipinski definition) is 8. The normalized spacial score (nSPS) is 27.7. The number of β-amino-alcohol motifs (C(OH)–C–C–N with tert-alkyl or cyclic N) is 1. The Morgan fingerprint density at radius 1 is 1.14 bits per heavy atom. The molecule has 158 valence electrons. The molecule has 4 heterocycles. The van der Waals surface area contributed by atoms with Crippen LogP contribution in [0.15, 0.2) is 12.4 Å². The fraction of sp³-hybridized carbons (Fsp3) is 0.684. The summed E-state index contributed by atoms with van der Waals surface area (Å²) in [5.41, 5.74) is 0.361. The van der Waals surface area contributed by atoms with Crippen molar-refractivity contribution in [2.75, 3.05) is 50.9 Å². The van der Waals surface area contributed by atoms with Crippen molar-refractivity contribution in [1.29, 1.82) is 0 Å². The van der Waals surface area contributed by atoms with Gasteiger partial charge in [0.15, 0.2) is 0 Å². The molecule has 10 nitrogen and oxygen atoms in total. The van der Waals surface area contributed by atoms with Crippen LogP contribution in [0.25, 0.3) is 0 Å². The number of piperidine rings is 1. The lowest BCUT2D eigenvalue weighted by atomic mass is 10.0. The Hall–Kier alpha value is -2.30. The molecule has 0 aliphatic carbocycles. The Kier molecular flexibility index (Phi) is 6.22. The number of ether oxygens (including phenoxy) is 2. The lowest BCUT2D eigenvalue weighted by Gasteiger charge is -2.36. The third-order valence-corrected chi connectivity index (χ3v) is 5.46. The molecule has 3 saturated heterocycles. The second-order valence-electron chi connectivity index (χ2n) is 7.68. The molecule has 0 spiro atoms. The SMILES string of the molecule is O=C(N[C@H]1C[C@@H](O)CN(C(=O)c2cnc(N3CCOCC3)nc2)C1)[C@H]1CCCO1. The van der Waals surface area contributed by atoms with E-state index in [4.69, 9.17) is 9.47 Å². The van der Waals surface area contributed by atoms with Crippen molar-refractivity contribution in [2.45, 2.75) is 37.5 Å². The Labute approximate surface area is 169 Å². The van der Waals surface area contributed by atoms with E-state index in [0.717, 1.165) is 19.5 Å². The number of aliphatic hydroxyl groups is 1. The van der Waals surface area contributed by atoms with Crippen LogP contribution in [0.5, 0.6) is 0 Å². The summed E-state index contributed by atoms with van der Waals surface area (Å²) in [5.74, 6) is 0.145. The van der Waals surface area contributed by atoms with Crippen LogP contribution >= 0.6 is 0 Å². The largest absolute Gasteiger partial charge is 0.391 e. The number of aliphatic hydroxyl groups excluding tert-OH is 1. The summed E-state index contributed by atoms with van der Waals surface area (Å²) in [6, 6.07) is -0.312. The molecular formula is C19H27N5O5. The van der Waals surface area contributed by atoms with Crippen LogP contribution in [0, 0.1) is 0 Å². The number of amides is 2. The minimum Gasteiger partial charge on any atom is -0.391 e. The van der Waals surface area contributed by atoms with Gasteiger partial charge in [-0.3, -0.25) is 9.59 Å². The standard InChI is InChI=1S/C19H27N5O5/c25-15-8-14(22-17(26)16-2-1-5-29-16)11-24(12-15)18(27)13-9-20-19(21-10-13)23-3-6-28-7-4-23/h9-10,14-16,25H,1-8,11-12H2,(H,22,26)/t14-,15+,16+/m0/s1. The zero-order valence-corrected chi connectivity index (χ0v) is 16.3. The van der Waals surface area contributed by atoms with Crippen molar-refractivity contribution in [3.8, 4) is 0 Å². The third kappa shape index (κ3) is 4.82. The average Bonchev–Trinajstić information content (AvgIpc) is 3.29. The molecule has 2 amide bonds. The van der Waals surface area contributed by atoms with Gasteiger partial charge < -0.3 is 29.7 Å². The van der Waals surface area contributed by atoms with Crippen LogP contribution in [0.2, 0.25) is 0 Å². The molecule has 3 atom stereocenters. The summed E-state index contributed by atoms with van der Waals surface area (Å²) in [7, 11) is 0. The lowest BCUT2D eigenvalue weighted by Crippen LogP contribution is -2.55. The molecule has 10 heteroatoms. The lowest BCUT2D eigenvalue weighted by molar-refractivity contribution is -0.131. The van der Waals surface area contributed by atoms with Crippen LogP contribution < -0.4 is 10.2 Å². The first-order chi connectivity index (χ1) is 14.1. The van der Waals surface area contributed by atoms with Crippen LogP contribution in [-0.4, -0.2) is 96.0 Å². The molecule has 0 bridgehead atoms. The number of likely N-dealkylation sites (tertiary alicyclic amines) is 1. The highest BCUT2D eigenvalue weighted by atomic mass is 16.5. The van der Waals surface area contributed by atoms with Crippen molar-refractivity contribution in [3.63, 3.8) is 0 Å². The molecule has 3 aliphatic rings. The first-order valence-electron chi connectivity index (χ1n) is 10.1. The van der Waals surface area contributed by atoms with Crippen LogP contribution in [0.4, 0.5) is 5.95 Å². The van der Waals surface area contributed by atoms with E-state index in [1.54, 1.807) is 4.90 Å². The molecule has 0 saturated carbocycles. The summed E-state index contributed by atoms with van der Waals surface area (Å²) in [6.07, 6.45) is 3.89. The fourth-order valence-electron chi connectivity index (χ4n) is 3.96. The monoisotopic (exact) mass is 405 g/mol. The van der Waals surface area contributed by atoms with Gasteiger partial charge in [-0.25, -0.2) is 9.97 Å². The van der Waals surface area contributed by atoms with E-state index in [9.17, 15) is 14.7 Å². The van der Waals surface area contributed by atoms with Crippen LogP contribution in [0.3, 0.4) is 0 Å². The van der Waals surface area contributed by atoms with Gasteiger partial charge in [0.05, 0.1) is 24.9 Å². The second kappa shape index (κ2) is 9.02. The predicted octanol–water partition coefficient (Wildman–Crippen LogP) is -0.816. The van der Waals surface area contributed by atoms with Gasteiger partial charge >= 0.3 is 0 Å². The quantitative estimate of drug-likeness (QED) is 0.668. The maximum absolute atomic E-state index is 12.9. The molecule has 3 aliphatic heterocycles. The van der Waals surface area contributed by atoms with Crippen LogP contribution in [0.1, 0.15) is 29.6 Å². The van der Waals surface area contributed by atoms with E-state index in [1.165, 1.54) is 12.4 Å². The third-order valence-electron chi connectivity index (χ3n) is 5.46. The maximum Gasteiger partial charge on any atom is 0.257 e. The number of nitrogens with zero attached hydrogens (tertiary/aromatic N) is 4. The smallest absolute Gasteiger partial charge is 0.257 e. The molecule has 4 rings (SSSR count). The van der Waals surface area contributed by atoms with E-state index in [2.05, 4.69) is 15.3 Å². The van der Waals surface area contributed by atoms with Crippen molar-refractivity contribution in [1.82, 2.24) is 20.2 Å². The Morgan fingerprint density at radius 3 is 2.59 bits per heavy atom. The minimum atomic E-state index is -0.698. The van der Waals surface area contributed by atoms with Gasteiger partial charge in [0.1, 0.15) is 6.10 Å². The van der Waals surface area contributed by atoms with Gasteiger partial charge in [-0.1, -0.05) is 0 Å². The highest BCUT2D eigenvalue weighted by Gasteiger charge is 2.33. The molecule has 1 aromatic heterocycles. The van der Waals surface area contributed by atoms with E-state index < -0.39 is 12.2 Å². The van der Waals surface area contributed by atoms with Gasteiger partial charge in [-0.05, 0) is 19.3 Å². The van der Waals surface area contributed by atoms with Crippen molar-refractivity contribution >= 4 is 17.8 Å². The minimum absolute atomic E-state index is 0.174. The first kappa shape index (κ1) is 20.0. The number of hydrogen-bond donors (Lipinski definition) is 2. The molecule has 29 heavy (non-hydrogen) atoms. The van der Waals surface area contributed by atoms with E-state index in [-0.39, 0.29) is 24.4 Å². The van der Waals surface area contributed by atoms with E-state index in [0.29, 0.717) is 50.7 Å². The average molecular weight is 405 g/mol. The molecule has 2 N–H and O–H groups in total. The highest BCUT2D eigenvalue weighted by molar-refractivity contribution is 5.94. The van der Waals surface area contributed by atoms with Crippen molar-refractivity contribution in [2.24, 2.45) is 0 Å². The van der Waals surface area contributed by atoms with E-state index in [1.807, 2.05) is 4.90 Å². The molecule has 3 fully saturated rings. The zero-order valence-electron chi connectivity index (χ0n) is 16.3. The number of carbonyl (C=O) groups is 2. The van der Waals surface area contributed by atoms with Crippen molar-refractivity contribution in [3.05, 3.63) is 18.0 Å². The summed E-state index contributed by atoms with van der Waals surface area (Å²) >= 11 is 0. The topological polar surface area (TPSA) is 117 Å². The summed E-state index contributed by atoms with van der Waals surface area (Å²) in [4.78, 5) is 37.4. The van der Waals surface area contributed by atoms with E-state index >= 15 is 0 Å². The zero-order chi connectivity index (χ0) is 20.2. The molecule has 0 radical (unpaired) electrons. The van der Waals surface area contributed by atoms with Crippen LogP contribution in [-0.2, 0) is 14.3 Å². The van der Waals surface area contributed by atoms with Gasteiger partial charge in [0, 0.05) is 51.2 Å². The Morgan fingerprint density at radius 2 is 1.90 bits per heavy atom. The Balaban J connectivity index is 1.37. The fourth-order valence-corrected chi connectivity index (χ4v) is 3.96. The summed E-state index contributed by atoms with van der Waals surface area (Å²) in [5, 5.41) is 13.1. The first-order valence-corrected chi connectivity index (χ1v) is 10.1. The molecule has 0 aromatic carbocycles. The van der Waals surface area contributed by atoms with Gasteiger partial charge in [-0.2, -0.15) is 0 Å². The number of aromatic nitrogens is 2.